The van der Waals surface area contributed by atoms with Crippen LogP contribution in [-0.4, -0.2) is 0 Å². The van der Waals surface area contributed by atoms with Crippen LogP contribution >= 0.6 is 11.3 Å². The van der Waals surface area contributed by atoms with E-state index in [1.54, 1.807) is 0 Å². The predicted molar refractivity (Wildman–Crippen MR) is 76.9 cm³/mol. The van der Waals surface area contributed by atoms with Crippen molar-refractivity contribution in [2.24, 2.45) is 0 Å². The normalized spacial score (nSPS) is 10.1. The molecule has 0 unspecified atom stereocenters. The molecular weight excluding hydrogens is 240 g/mol. The fourth-order valence-corrected chi connectivity index (χ4v) is 2.69. The summed E-state index contributed by atoms with van der Waals surface area (Å²) in [5.41, 5.74) is 2.82. The molecule has 0 aliphatic carbocycles. The Hall–Kier alpha value is -1.79. The van der Waals surface area contributed by atoms with Gasteiger partial charge in [-0.15, -0.1) is 11.3 Å². The molecule has 2 aromatic rings. The largest absolute Gasteiger partial charge is 0.380 e. The van der Waals surface area contributed by atoms with E-state index in [4.69, 9.17) is 5.26 Å². The summed E-state index contributed by atoms with van der Waals surface area (Å²) in [5, 5.41) is 12.3. The first-order valence-corrected chi connectivity index (χ1v) is 6.86. The van der Waals surface area contributed by atoms with Gasteiger partial charge in [-0.25, -0.2) is 0 Å². The summed E-state index contributed by atoms with van der Waals surface area (Å²) >= 11 is 1.85. The lowest BCUT2D eigenvalue weighted by Crippen LogP contribution is -1.98. The summed E-state index contributed by atoms with van der Waals surface area (Å²) in [7, 11) is 0. The van der Waals surface area contributed by atoms with Gasteiger partial charge in [0, 0.05) is 22.0 Å². The SMILES string of the molecule is CCc1ccc(CNc2ccc(C#N)c(C)c2)s1. The Labute approximate surface area is 112 Å². The first kappa shape index (κ1) is 12.7. The van der Waals surface area contributed by atoms with Gasteiger partial charge < -0.3 is 5.32 Å². The molecule has 0 aliphatic heterocycles. The van der Waals surface area contributed by atoms with Gasteiger partial charge in [-0.3, -0.25) is 0 Å². The number of hydrogen-bond donors (Lipinski definition) is 1. The van der Waals surface area contributed by atoms with E-state index >= 15 is 0 Å². The monoisotopic (exact) mass is 256 g/mol. The van der Waals surface area contributed by atoms with E-state index < -0.39 is 0 Å². The minimum Gasteiger partial charge on any atom is -0.380 e. The van der Waals surface area contributed by atoms with Crippen molar-refractivity contribution in [1.82, 2.24) is 0 Å². The molecule has 0 fully saturated rings. The summed E-state index contributed by atoms with van der Waals surface area (Å²) < 4.78 is 0. The number of aryl methyl sites for hydroxylation is 2. The van der Waals surface area contributed by atoms with Crippen LogP contribution in [0.25, 0.3) is 0 Å². The Morgan fingerprint density at radius 3 is 2.61 bits per heavy atom. The second-order valence-electron chi connectivity index (χ2n) is 4.22. The van der Waals surface area contributed by atoms with Gasteiger partial charge in [0.1, 0.15) is 0 Å². The lowest BCUT2D eigenvalue weighted by Gasteiger charge is -2.06. The lowest BCUT2D eigenvalue weighted by molar-refractivity contribution is 1.18. The van der Waals surface area contributed by atoms with Crippen molar-refractivity contribution in [2.45, 2.75) is 26.8 Å². The molecule has 0 saturated heterocycles. The van der Waals surface area contributed by atoms with Crippen LogP contribution in [0.15, 0.2) is 30.3 Å². The maximum atomic E-state index is 8.88. The average Bonchev–Trinajstić information content (AvgIpc) is 2.84. The molecule has 1 heterocycles. The Bertz CT molecular complexity index is 578. The van der Waals surface area contributed by atoms with E-state index in [0.29, 0.717) is 0 Å². The number of anilines is 1. The van der Waals surface area contributed by atoms with Crippen molar-refractivity contribution >= 4 is 17.0 Å². The van der Waals surface area contributed by atoms with Crippen LogP contribution in [0, 0.1) is 18.3 Å². The van der Waals surface area contributed by atoms with Crippen LogP contribution in [-0.2, 0) is 13.0 Å². The number of nitrogens with one attached hydrogen (secondary N) is 1. The third-order valence-corrected chi connectivity index (χ3v) is 4.11. The van der Waals surface area contributed by atoms with E-state index in [1.807, 2.05) is 36.5 Å². The molecule has 0 amide bonds. The molecule has 92 valence electrons. The van der Waals surface area contributed by atoms with Crippen LogP contribution in [0.2, 0.25) is 0 Å². The summed E-state index contributed by atoms with van der Waals surface area (Å²) in [6, 6.07) is 12.4. The molecule has 18 heavy (non-hydrogen) atoms. The molecule has 2 nitrogen and oxygen atoms in total. The van der Waals surface area contributed by atoms with Crippen molar-refractivity contribution in [3.8, 4) is 6.07 Å². The van der Waals surface area contributed by atoms with Crippen LogP contribution in [0.1, 0.15) is 27.8 Å². The minimum atomic E-state index is 0.741. The summed E-state index contributed by atoms with van der Waals surface area (Å²) in [6.45, 7) is 4.98. The zero-order valence-corrected chi connectivity index (χ0v) is 11.5. The van der Waals surface area contributed by atoms with Gasteiger partial charge in [0.25, 0.3) is 0 Å². The van der Waals surface area contributed by atoms with E-state index in [1.165, 1.54) is 9.75 Å². The van der Waals surface area contributed by atoms with Gasteiger partial charge >= 0.3 is 0 Å². The van der Waals surface area contributed by atoms with Crippen LogP contribution in [0.3, 0.4) is 0 Å². The molecular formula is C15H16N2S. The summed E-state index contributed by atoms with van der Waals surface area (Å²) in [5.74, 6) is 0. The smallest absolute Gasteiger partial charge is 0.0994 e. The standard InChI is InChI=1S/C15H16N2S/c1-3-14-6-7-15(18-14)10-17-13-5-4-12(9-16)11(2)8-13/h4-8,17H,3,10H2,1-2H3. The van der Waals surface area contributed by atoms with Crippen molar-refractivity contribution in [3.63, 3.8) is 0 Å². The Morgan fingerprint density at radius 1 is 1.22 bits per heavy atom. The molecule has 0 aliphatic rings. The van der Waals surface area contributed by atoms with Crippen molar-refractivity contribution in [2.75, 3.05) is 5.32 Å². The average molecular weight is 256 g/mol. The number of thiophene rings is 1. The van der Waals surface area contributed by atoms with E-state index in [9.17, 15) is 0 Å². The molecule has 1 aromatic heterocycles. The fourth-order valence-electron chi connectivity index (χ4n) is 1.80. The highest BCUT2D eigenvalue weighted by molar-refractivity contribution is 7.12. The molecule has 0 spiro atoms. The lowest BCUT2D eigenvalue weighted by atomic mass is 10.1. The molecule has 0 bridgehead atoms. The molecule has 2 rings (SSSR count). The quantitative estimate of drug-likeness (QED) is 0.893. The summed E-state index contributed by atoms with van der Waals surface area (Å²) in [6.07, 6.45) is 1.10. The third kappa shape index (κ3) is 2.91. The second kappa shape index (κ2) is 5.70. The fraction of sp³-hybridized carbons (Fsp3) is 0.267. The number of hydrogen-bond acceptors (Lipinski definition) is 3. The van der Waals surface area contributed by atoms with Gasteiger partial charge in [-0.05, 0) is 49.2 Å². The minimum absolute atomic E-state index is 0.741. The molecule has 1 N–H and O–H groups in total. The van der Waals surface area contributed by atoms with Gasteiger partial charge in [0.05, 0.1) is 11.6 Å². The molecule has 1 aromatic carbocycles. The van der Waals surface area contributed by atoms with E-state index in [2.05, 4.69) is 30.4 Å². The Morgan fingerprint density at radius 2 is 2.00 bits per heavy atom. The molecule has 0 atom stereocenters. The predicted octanol–water partition coefficient (Wildman–Crippen LogP) is 4.10. The highest BCUT2D eigenvalue weighted by Gasteiger charge is 2.01. The number of nitriles is 1. The highest BCUT2D eigenvalue weighted by Crippen LogP contribution is 2.19. The molecule has 0 radical (unpaired) electrons. The number of benzene rings is 1. The van der Waals surface area contributed by atoms with Gasteiger partial charge in [-0.1, -0.05) is 6.92 Å². The van der Waals surface area contributed by atoms with Gasteiger partial charge in [-0.2, -0.15) is 5.26 Å². The van der Waals surface area contributed by atoms with Crippen molar-refractivity contribution < 1.29 is 0 Å². The van der Waals surface area contributed by atoms with Crippen LogP contribution in [0.5, 0.6) is 0 Å². The second-order valence-corrected chi connectivity index (χ2v) is 5.47. The highest BCUT2D eigenvalue weighted by atomic mass is 32.1. The summed E-state index contributed by atoms with van der Waals surface area (Å²) in [4.78, 5) is 2.76. The van der Waals surface area contributed by atoms with Gasteiger partial charge in [0.15, 0.2) is 0 Å². The topological polar surface area (TPSA) is 35.8 Å². The maximum absolute atomic E-state index is 8.88. The van der Waals surface area contributed by atoms with Crippen LogP contribution < -0.4 is 5.32 Å². The zero-order chi connectivity index (χ0) is 13.0. The van der Waals surface area contributed by atoms with E-state index in [0.717, 1.165) is 29.8 Å². The van der Waals surface area contributed by atoms with E-state index in [-0.39, 0.29) is 0 Å². The first-order chi connectivity index (χ1) is 8.72. The van der Waals surface area contributed by atoms with Crippen LogP contribution in [0.4, 0.5) is 5.69 Å². The molecule has 3 heteroatoms. The maximum Gasteiger partial charge on any atom is 0.0994 e. The van der Waals surface area contributed by atoms with Crippen molar-refractivity contribution in [3.05, 3.63) is 51.2 Å². The Balaban J connectivity index is 2.02. The first-order valence-electron chi connectivity index (χ1n) is 6.05. The zero-order valence-electron chi connectivity index (χ0n) is 10.7. The third-order valence-electron chi connectivity index (χ3n) is 2.88. The Kier molecular flexibility index (Phi) is 4.01. The number of nitrogens with zero attached hydrogens (tertiary/aromatic N) is 1. The van der Waals surface area contributed by atoms with Gasteiger partial charge in [0.2, 0.25) is 0 Å². The molecule has 0 saturated carbocycles. The number of rotatable bonds is 4. The van der Waals surface area contributed by atoms with Crippen molar-refractivity contribution in [1.29, 1.82) is 5.26 Å².